The smallest absolute Gasteiger partial charge is 0.403 e. The lowest BCUT2D eigenvalue weighted by atomic mass is 9.96. The molecule has 0 amide bonds. The number of hydrogen-bond donors (Lipinski definition) is 6. The van der Waals surface area contributed by atoms with Gasteiger partial charge in [-0.25, -0.2) is 14.6 Å². The summed E-state index contributed by atoms with van der Waals surface area (Å²) in [5, 5.41) is 32.1. The molecule has 3 rings (SSSR count). The maximum atomic E-state index is 12.0. The molecular weight excluding hydrogens is 439 g/mol. The van der Waals surface area contributed by atoms with Gasteiger partial charge in [0, 0.05) is 0 Å². The van der Waals surface area contributed by atoms with Crippen LogP contribution < -0.4 is 15.6 Å². The highest BCUT2D eigenvalue weighted by Crippen LogP contribution is 2.43. The number of carboxylic acids is 1. The molecule has 1 saturated heterocycles. The number of hydrogen-bond acceptors (Lipinski definition) is 11. The van der Waals surface area contributed by atoms with E-state index in [9.17, 15) is 24.5 Å². The number of aromatic nitrogens is 4. The lowest BCUT2D eigenvalue weighted by molar-refractivity contribution is -0.138. The van der Waals surface area contributed by atoms with Crippen LogP contribution in [0, 0.1) is 0 Å². The molecule has 172 valence electrons. The Morgan fingerprint density at radius 3 is 2.81 bits per heavy atom. The lowest BCUT2D eigenvalue weighted by Crippen LogP contribution is -2.44. The van der Waals surface area contributed by atoms with Crippen LogP contribution in [0.1, 0.15) is 20.1 Å². The van der Waals surface area contributed by atoms with Crippen molar-refractivity contribution in [1.82, 2.24) is 24.6 Å². The SMILES string of the molecule is COc1nc(N)nc2c1ncn2[C@@H]1O[C@H](CO[P@@](=O)(O)N[C@@H](C)C(=O)O)[C@@H](O)[C@@]1(C)O. The van der Waals surface area contributed by atoms with Gasteiger partial charge in [0.1, 0.15) is 23.9 Å². The predicted octanol–water partition coefficient (Wildman–Crippen LogP) is -1.39. The maximum absolute atomic E-state index is 12.0. The summed E-state index contributed by atoms with van der Waals surface area (Å²) in [5.74, 6) is -1.38. The fourth-order valence-electron chi connectivity index (χ4n) is 3.11. The number of nitrogen functional groups attached to an aromatic ring is 1. The normalized spacial score (nSPS) is 29.0. The summed E-state index contributed by atoms with van der Waals surface area (Å²) < 4.78 is 29.0. The zero-order valence-corrected chi connectivity index (χ0v) is 17.6. The van der Waals surface area contributed by atoms with E-state index < -0.39 is 50.4 Å². The molecule has 15 nitrogen and oxygen atoms in total. The number of aliphatic carboxylic acids is 1. The van der Waals surface area contributed by atoms with E-state index in [1.54, 1.807) is 0 Å². The standard InChI is InChI=1S/C15H23N6O9P/c1-6(12(23)24)20-31(26,27)29-4-7-9(22)15(2,25)13(30-7)21-5-17-8-10(21)18-14(16)19-11(8)28-3/h5-7,9,13,22,25H,4H2,1-3H3,(H,23,24)(H2,16,18,19)(H2,20,26,27)/t6-,7+,9+,13+,15+/m0/s1. The van der Waals surface area contributed by atoms with Crippen molar-refractivity contribution in [3.63, 3.8) is 0 Å². The Labute approximate surface area is 175 Å². The van der Waals surface area contributed by atoms with E-state index in [1.807, 2.05) is 5.09 Å². The minimum atomic E-state index is -4.54. The second-order valence-electron chi connectivity index (χ2n) is 7.12. The van der Waals surface area contributed by atoms with Gasteiger partial charge in [-0.1, -0.05) is 0 Å². The van der Waals surface area contributed by atoms with Crippen molar-refractivity contribution in [3.8, 4) is 5.88 Å². The van der Waals surface area contributed by atoms with Gasteiger partial charge in [0.2, 0.25) is 11.8 Å². The average Bonchev–Trinajstić information content (AvgIpc) is 3.18. The van der Waals surface area contributed by atoms with Crippen molar-refractivity contribution >= 4 is 30.8 Å². The summed E-state index contributed by atoms with van der Waals surface area (Å²) in [6.45, 7) is 1.82. The topological polar surface area (TPSA) is 224 Å². The minimum Gasteiger partial charge on any atom is -0.480 e. The molecule has 31 heavy (non-hydrogen) atoms. The molecule has 0 spiro atoms. The third-order valence-electron chi connectivity index (χ3n) is 4.75. The zero-order chi connectivity index (χ0) is 23.1. The number of carbonyl (C=O) groups is 1. The van der Waals surface area contributed by atoms with Gasteiger partial charge < -0.3 is 35.4 Å². The van der Waals surface area contributed by atoms with E-state index in [0.29, 0.717) is 0 Å². The number of anilines is 1. The molecule has 0 aliphatic carbocycles. The van der Waals surface area contributed by atoms with E-state index in [4.69, 9.17) is 24.8 Å². The van der Waals surface area contributed by atoms with E-state index in [1.165, 1.54) is 24.9 Å². The van der Waals surface area contributed by atoms with Crippen molar-refractivity contribution in [2.45, 2.75) is 43.9 Å². The molecule has 1 aliphatic rings. The number of aliphatic hydroxyl groups excluding tert-OH is 1. The third kappa shape index (κ3) is 4.48. The second-order valence-corrected chi connectivity index (χ2v) is 8.68. The number of ether oxygens (including phenoxy) is 2. The van der Waals surface area contributed by atoms with Crippen molar-refractivity contribution < 1.29 is 43.6 Å². The molecule has 0 saturated carbocycles. The van der Waals surface area contributed by atoms with E-state index in [-0.39, 0.29) is 23.0 Å². The highest BCUT2D eigenvalue weighted by atomic mass is 31.2. The van der Waals surface area contributed by atoms with Crippen LogP contribution in [0.2, 0.25) is 0 Å². The van der Waals surface area contributed by atoms with Crippen LogP contribution in [0.5, 0.6) is 5.88 Å². The molecule has 7 N–H and O–H groups in total. The first-order chi connectivity index (χ1) is 14.4. The van der Waals surface area contributed by atoms with Crippen LogP contribution in [0.3, 0.4) is 0 Å². The number of aliphatic hydroxyl groups is 2. The summed E-state index contributed by atoms with van der Waals surface area (Å²) in [5.41, 5.74) is 4.18. The van der Waals surface area contributed by atoms with Gasteiger partial charge in [0.05, 0.1) is 20.0 Å². The number of nitrogens with zero attached hydrogens (tertiary/aromatic N) is 4. The van der Waals surface area contributed by atoms with Crippen LogP contribution in [-0.2, 0) is 18.6 Å². The highest BCUT2D eigenvalue weighted by molar-refractivity contribution is 7.50. The monoisotopic (exact) mass is 462 g/mol. The lowest BCUT2D eigenvalue weighted by Gasteiger charge is -2.27. The zero-order valence-electron chi connectivity index (χ0n) is 16.7. The Bertz CT molecular complexity index is 1030. The largest absolute Gasteiger partial charge is 0.480 e. The van der Waals surface area contributed by atoms with Crippen molar-refractivity contribution in [1.29, 1.82) is 0 Å². The molecule has 2 aromatic rings. The first-order valence-corrected chi connectivity index (χ1v) is 10.5. The molecule has 0 radical (unpaired) electrons. The number of nitrogens with two attached hydrogens (primary N) is 1. The minimum absolute atomic E-state index is 0.0964. The summed E-state index contributed by atoms with van der Waals surface area (Å²) in [4.78, 5) is 32.7. The fourth-order valence-corrected chi connectivity index (χ4v) is 4.13. The van der Waals surface area contributed by atoms with Gasteiger partial charge in [-0.15, -0.1) is 0 Å². The van der Waals surface area contributed by atoms with Gasteiger partial charge in [-0.2, -0.15) is 9.97 Å². The number of carboxylic acid groups (broad SMARTS) is 1. The van der Waals surface area contributed by atoms with Gasteiger partial charge in [-0.05, 0) is 13.8 Å². The van der Waals surface area contributed by atoms with Crippen molar-refractivity contribution in [2.75, 3.05) is 19.5 Å². The number of fused-ring (bicyclic) bond motifs is 1. The predicted molar refractivity (Wildman–Crippen MR) is 103 cm³/mol. The van der Waals surface area contributed by atoms with Crippen LogP contribution >= 0.6 is 7.75 Å². The highest BCUT2D eigenvalue weighted by Gasteiger charge is 2.54. The molecule has 1 fully saturated rings. The molecule has 16 heteroatoms. The number of methoxy groups -OCH3 is 1. The van der Waals surface area contributed by atoms with E-state index >= 15 is 0 Å². The van der Waals surface area contributed by atoms with Crippen LogP contribution in [-0.4, -0.2) is 83.3 Å². The second kappa shape index (κ2) is 8.27. The first-order valence-electron chi connectivity index (χ1n) is 8.95. The molecule has 0 bridgehead atoms. The molecule has 6 atom stereocenters. The summed E-state index contributed by atoms with van der Waals surface area (Å²) in [6, 6.07) is -1.36. The molecule has 2 aromatic heterocycles. The van der Waals surface area contributed by atoms with E-state index in [2.05, 4.69) is 15.0 Å². The number of imidazole rings is 1. The summed E-state index contributed by atoms with van der Waals surface area (Å²) in [6.07, 6.45) is -2.75. The quantitative estimate of drug-likeness (QED) is 0.248. The molecular formula is C15H23N6O9P. The maximum Gasteiger partial charge on any atom is 0.403 e. The van der Waals surface area contributed by atoms with E-state index in [0.717, 1.165) is 6.92 Å². The van der Waals surface area contributed by atoms with Crippen molar-refractivity contribution in [3.05, 3.63) is 6.33 Å². The van der Waals surface area contributed by atoms with Crippen LogP contribution in [0.15, 0.2) is 6.33 Å². The van der Waals surface area contributed by atoms with Gasteiger partial charge in [0.25, 0.3) is 0 Å². The summed E-state index contributed by atoms with van der Waals surface area (Å²) >= 11 is 0. The van der Waals surface area contributed by atoms with Crippen LogP contribution in [0.4, 0.5) is 5.95 Å². The van der Waals surface area contributed by atoms with Gasteiger partial charge in [0.15, 0.2) is 17.4 Å². The Morgan fingerprint density at radius 2 is 2.19 bits per heavy atom. The first kappa shape index (κ1) is 23.3. The molecule has 1 aliphatic heterocycles. The Hall–Kier alpha value is -2.39. The fraction of sp³-hybridized carbons (Fsp3) is 0.600. The molecule has 0 unspecified atom stereocenters. The number of rotatable bonds is 8. The van der Waals surface area contributed by atoms with Crippen molar-refractivity contribution in [2.24, 2.45) is 0 Å². The Morgan fingerprint density at radius 1 is 1.52 bits per heavy atom. The van der Waals surface area contributed by atoms with Gasteiger partial charge >= 0.3 is 13.7 Å². The average molecular weight is 462 g/mol. The summed E-state index contributed by atoms with van der Waals surface area (Å²) in [7, 11) is -3.17. The molecule has 3 heterocycles. The Balaban J connectivity index is 1.82. The van der Waals surface area contributed by atoms with Gasteiger partial charge in [-0.3, -0.25) is 13.9 Å². The third-order valence-corrected chi connectivity index (χ3v) is 5.96. The van der Waals surface area contributed by atoms with Crippen LogP contribution in [0.25, 0.3) is 11.2 Å². The number of nitrogens with one attached hydrogen (secondary N) is 1. The molecule has 0 aromatic carbocycles. The Kier molecular flexibility index (Phi) is 6.21.